The lowest BCUT2D eigenvalue weighted by Crippen LogP contribution is -2.37. The van der Waals surface area contributed by atoms with Gasteiger partial charge in [0.1, 0.15) is 40.8 Å². The fourth-order valence-corrected chi connectivity index (χ4v) is 13.0. The van der Waals surface area contributed by atoms with Crippen LogP contribution in [0.1, 0.15) is 261 Å². The third-order valence-corrected chi connectivity index (χ3v) is 20.0. The van der Waals surface area contributed by atoms with Crippen LogP contribution >= 0.6 is 0 Å². The van der Waals surface area contributed by atoms with E-state index in [1.807, 2.05) is 41.5 Å². The Labute approximate surface area is 624 Å². The Balaban J connectivity index is 0.000000610. The Morgan fingerprint density at radius 1 is 0.433 bits per heavy atom. The van der Waals surface area contributed by atoms with E-state index < -0.39 is 23.9 Å². The zero-order valence-electron chi connectivity index (χ0n) is 67.2. The Morgan fingerprint density at radius 2 is 0.769 bits per heavy atom. The first-order valence-corrected chi connectivity index (χ1v) is 39.1. The van der Waals surface area contributed by atoms with Gasteiger partial charge in [-0.25, -0.2) is 0 Å². The van der Waals surface area contributed by atoms with E-state index in [1.165, 1.54) is 89.9 Å². The topological polar surface area (TPSA) is 308 Å². The number of hydrogen-bond acceptors (Lipinski definition) is 18. The molecule has 6 atom stereocenters. The molecule has 2 aromatic carbocycles. The van der Waals surface area contributed by atoms with Crippen molar-refractivity contribution in [2.45, 2.75) is 283 Å². The average Bonchev–Trinajstić information content (AvgIpc) is 0.767. The van der Waals surface area contributed by atoms with Gasteiger partial charge in [0.05, 0.1) is 112 Å². The molecule has 594 valence electrons. The van der Waals surface area contributed by atoms with Gasteiger partial charge < -0.3 is 62.3 Å². The Bertz CT molecular complexity index is 2880. The van der Waals surface area contributed by atoms with Crippen molar-refractivity contribution < 1.29 is 81.5 Å². The number of carboxylic acids is 1. The molecule has 0 amide bonds. The minimum absolute atomic E-state index is 0.0303. The van der Waals surface area contributed by atoms with Crippen molar-refractivity contribution in [3.63, 3.8) is 0 Å². The molecule has 0 bridgehead atoms. The summed E-state index contributed by atoms with van der Waals surface area (Å²) in [4.78, 5) is 53.3. The number of benzene rings is 2. The van der Waals surface area contributed by atoms with Gasteiger partial charge in [0.2, 0.25) is 0 Å². The number of aliphatic hydroxyl groups excluding tert-OH is 1. The molecule has 23 nitrogen and oxygen atoms in total. The standard InChI is InChI=1S/C41H69N3O8.C32H52O5.C8H17N3O4/c1-30(2)12-9-13-31(3)14-10-15-32(4)16-11-20-41(8)21-19-36-35(7)39(33(5)34(6)40(36)52-41)51-38(46)18-17-37(45)50-29-28-49-27-26-48-25-24-47-23-22-43-44-42;1-21(2)11-9-12-22(3)13-10-14-23(4)17-19-32(8)20-18-27-26(7)30(24(5)25(6)31(27)37-32)36-29(35)16-15-28(33)34;9-11-10-1-3-13-5-7-15-8-6-14-4-2-12/h30-32H,9-29H2,1-8H3;21-23H,9-20H2,1-8H3,(H,33,34);12H,1-8H2/t31-,32-,41-;22-,23-,32-;/m11./s1. The number of esters is 3. The van der Waals surface area contributed by atoms with Crippen molar-refractivity contribution in [3.8, 4) is 23.0 Å². The van der Waals surface area contributed by atoms with Gasteiger partial charge in [0.15, 0.2) is 0 Å². The molecule has 0 radical (unpaired) electrons. The minimum Gasteiger partial charge on any atom is -0.487 e. The van der Waals surface area contributed by atoms with Crippen LogP contribution in [0.2, 0.25) is 0 Å². The zero-order valence-corrected chi connectivity index (χ0v) is 67.2. The summed E-state index contributed by atoms with van der Waals surface area (Å²) in [7, 11) is 0. The Hall–Kier alpha value is -5.74. The molecule has 0 saturated carbocycles. The summed E-state index contributed by atoms with van der Waals surface area (Å²) in [6.07, 6.45) is 24.8. The van der Waals surface area contributed by atoms with Crippen molar-refractivity contribution in [1.82, 2.24) is 0 Å². The SMILES string of the molecule is Cc1c(C)c2c(c(C)c1OC(=O)CCC(=O)O)CC[C@@](C)(CC[C@H](C)CCC[C@H](C)CCCC(C)C)O2.Cc1c(C)c2c(c(C)c1OC(=O)CCC(=O)OCCOCCOCCOCCN=[N+]=[N-])CC[C@@](C)(CCC[C@H](C)CCC[C@H](C)CCCC(C)C)O2.[N-]=[N+]=NCCOCCOCCOCCO. The predicted molar refractivity (Wildman–Crippen MR) is 409 cm³/mol. The number of aliphatic carboxylic acids is 1. The number of carboxylic acid groups (broad SMARTS) is 1. The number of carbonyl (C=O) groups is 4. The van der Waals surface area contributed by atoms with Gasteiger partial charge in [-0.1, -0.05) is 149 Å². The van der Waals surface area contributed by atoms with E-state index in [-0.39, 0.29) is 56.7 Å². The summed E-state index contributed by atoms with van der Waals surface area (Å²) < 4.78 is 61.4. The van der Waals surface area contributed by atoms with Crippen molar-refractivity contribution in [1.29, 1.82) is 0 Å². The summed E-state index contributed by atoms with van der Waals surface area (Å²) in [6.45, 7) is 40.9. The summed E-state index contributed by atoms with van der Waals surface area (Å²) in [5.74, 6) is 5.28. The zero-order chi connectivity index (χ0) is 77.3. The van der Waals surface area contributed by atoms with Gasteiger partial charge in [0, 0.05) is 34.0 Å². The van der Waals surface area contributed by atoms with E-state index in [0.717, 1.165) is 131 Å². The molecule has 4 rings (SSSR count). The third kappa shape index (κ3) is 40.8. The molecule has 2 aromatic rings. The lowest BCUT2D eigenvalue weighted by molar-refractivity contribution is -0.148. The van der Waals surface area contributed by atoms with Crippen LogP contribution in [0, 0.1) is 77.0 Å². The van der Waals surface area contributed by atoms with Crippen LogP contribution in [0.15, 0.2) is 10.2 Å². The van der Waals surface area contributed by atoms with E-state index >= 15 is 0 Å². The Morgan fingerprint density at radius 3 is 1.15 bits per heavy atom. The highest BCUT2D eigenvalue weighted by molar-refractivity contribution is 5.80. The molecule has 0 saturated heterocycles. The molecule has 2 aliphatic rings. The third-order valence-electron chi connectivity index (χ3n) is 20.0. The molecule has 0 fully saturated rings. The second-order valence-electron chi connectivity index (χ2n) is 30.4. The smallest absolute Gasteiger partial charge is 0.311 e. The molecule has 2 aliphatic heterocycles. The molecular formula is C81H138N6O17. The molecule has 0 aliphatic carbocycles. The first-order valence-electron chi connectivity index (χ1n) is 39.1. The van der Waals surface area contributed by atoms with Crippen molar-refractivity contribution >= 4 is 23.9 Å². The molecule has 104 heavy (non-hydrogen) atoms. The summed E-state index contributed by atoms with van der Waals surface area (Å²) >= 11 is 0. The maximum atomic E-state index is 12.8. The molecule has 2 heterocycles. The normalized spacial score (nSPS) is 16.3. The molecule has 2 N–H and O–H groups in total. The van der Waals surface area contributed by atoms with Crippen LogP contribution in [-0.2, 0) is 65.2 Å². The van der Waals surface area contributed by atoms with Crippen molar-refractivity contribution in [2.24, 2.45) is 45.7 Å². The maximum absolute atomic E-state index is 12.8. The number of hydrogen-bond donors (Lipinski definition) is 2. The first kappa shape index (κ1) is 94.3. The van der Waals surface area contributed by atoms with Crippen LogP contribution in [-0.4, -0.2) is 151 Å². The fraction of sp³-hybridized carbons (Fsp3) is 0.802. The highest BCUT2D eigenvalue weighted by Gasteiger charge is 2.37. The fourth-order valence-electron chi connectivity index (χ4n) is 13.0. The second kappa shape index (κ2) is 54.8. The number of rotatable bonds is 54. The first-order chi connectivity index (χ1) is 49.6. The highest BCUT2D eigenvalue weighted by Crippen LogP contribution is 2.47. The van der Waals surface area contributed by atoms with Gasteiger partial charge in [0.25, 0.3) is 0 Å². The number of aliphatic hydroxyl groups is 1. The van der Waals surface area contributed by atoms with Gasteiger partial charge in [-0.15, -0.1) is 0 Å². The molecule has 0 unspecified atom stereocenters. The predicted octanol–water partition coefficient (Wildman–Crippen LogP) is 18.6. The number of nitrogens with zero attached hydrogens (tertiary/aromatic N) is 6. The van der Waals surface area contributed by atoms with Crippen LogP contribution in [0.3, 0.4) is 0 Å². The lowest BCUT2D eigenvalue weighted by atomic mass is 9.83. The van der Waals surface area contributed by atoms with Crippen LogP contribution in [0.4, 0.5) is 0 Å². The molecule has 23 heteroatoms. The maximum Gasteiger partial charge on any atom is 0.311 e. The summed E-state index contributed by atoms with van der Waals surface area (Å²) in [6, 6.07) is 0. The second-order valence-corrected chi connectivity index (χ2v) is 30.4. The van der Waals surface area contributed by atoms with Gasteiger partial charge >= 0.3 is 23.9 Å². The molecule has 0 spiro atoms. The van der Waals surface area contributed by atoms with Gasteiger partial charge in [-0.05, 0) is 187 Å². The van der Waals surface area contributed by atoms with E-state index in [4.69, 9.17) is 73.4 Å². The molecule has 0 aromatic heterocycles. The van der Waals surface area contributed by atoms with Crippen LogP contribution in [0.25, 0.3) is 20.9 Å². The monoisotopic (exact) mass is 1470 g/mol. The van der Waals surface area contributed by atoms with E-state index in [2.05, 4.69) is 89.3 Å². The van der Waals surface area contributed by atoms with Crippen molar-refractivity contribution in [3.05, 3.63) is 65.4 Å². The summed E-state index contributed by atoms with van der Waals surface area (Å²) in [5.41, 5.74) is 23.6. The van der Waals surface area contributed by atoms with Crippen LogP contribution in [0.5, 0.6) is 23.0 Å². The van der Waals surface area contributed by atoms with E-state index in [1.54, 1.807) is 0 Å². The number of fused-ring (bicyclic) bond motifs is 2. The Kier molecular flexibility index (Phi) is 49.7. The quantitative estimate of drug-likeness (QED) is 0.0155. The van der Waals surface area contributed by atoms with Crippen LogP contribution < -0.4 is 18.9 Å². The number of azide groups is 2. The van der Waals surface area contributed by atoms with E-state index in [0.29, 0.717) is 103 Å². The average molecular weight is 1470 g/mol. The molecular weight excluding hydrogens is 1330 g/mol. The van der Waals surface area contributed by atoms with Gasteiger partial charge in [-0.3, -0.25) is 19.2 Å². The number of ether oxygens (including phenoxy) is 11. The summed E-state index contributed by atoms with van der Waals surface area (Å²) in [5, 5.41) is 23.9. The van der Waals surface area contributed by atoms with Gasteiger partial charge in [-0.2, -0.15) is 0 Å². The minimum atomic E-state index is -0.999. The van der Waals surface area contributed by atoms with Crippen molar-refractivity contribution in [2.75, 3.05) is 106 Å². The lowest BCUT2D eigenvalue weighted by Gasteiger charge is -2.39. The highest BCUT2D eigenvalue weighted by atomic mass is 16.6. The van der Waals surface area contributed by atoms with E-state index in [9.17, 15) is 19.2 Å². The number of carbonyl (C=O) groups excluding carboxylic acids is 3. The largest absolute Gasteiger partial charge is 0.487 e.